The molecule has 2 rings (SSSR count). The fourth-order valence-electron chi connectivity index (χ4n) is 1.67. The normalized spacial score (nSPS) is 17.2. The zero-order valence-electron chi connectivity index (χ0n) is 8.99. The molecule has 1 aromatic carbocycles. The van der Waals surface area contributed by atoms with Gasteiger partial charge < -0.3 is 4.90 Å². The minimum absolute atomic E-state index is 0.0898. The lowest BCUT2D eigenvalue weighted by Gasteiger charge is -2.26. The second-order valence-corrected chi connectivity index (χ2v) is 6.78. The average Bonchev–Trinajstić information content (AvgIpc) is 2.32. The minimum atomic E-state index is -0.780. The first-order chi connectivity index (χ1) is 8.08. The number of rotatable bonds is 1. The Labute approximate surface area is 116 Å². The van der Waals surface area contributed by atoms with Gasteiger partial charge in [0.15, 0.2) is 0 Å². The van der Waals surface area contributed by atoms with E-state index in [1.165, 1.54) is 0 Å². The lowest BCUT2D eigenvalue weighted by atomic mass is 10.2. The first-order valence-corrected chi connectivity index (χ1v) is 7.83. The van der Waals surface area contributed by atoms with Crippen LogP contribution in [-0.2, 0) is 10.8 Å². The van der Waals surface area contributed by atoms with Crippen molar-refractivity contribution in [3.8, 4) is 0 Å². The molecule has 92 valence electrons. The van der Waals surface area contributed by atoms with Crippen LogP contribution in [0, 0.1) is 0 Å². The van der Waals surface area contributed by atoms with Crippen LogP contribution in [0.2, 0.25) is 5.02 Å². The Bertz CT molecular complexity index is 471. The minimum Gasteiger partial charge on any atom is -0.337 e. The molecule has 1 aromatic rings. The summed E-state index contributed by atoms with van der Waals surface area (Å²) in [5.41, 5.74) is 0.494. The van der Waals surface area contributed by atoms with E-state index in [1.54, 1.807) is 23.1 Å². The molecule has 0 atom stereocenters. The Morgan fingerprint density at radius 2 is 2.00 bits per heavy atom. The Balaban J connectivity index is 2.19. The Hall–Kier alpha value is -0.390. The predicted molar refractivity (Wildman–Crippen MR) is 72.9 cm³/mol. The molecule has 0 aromatic heterocycles. The quantitative estimate of drug-likeness (QED) is 0.789. The van der Waals surface area contributed by atoms with E-state index in [2.05, 4.69) is 15.9 Å². The van der Waals surface area contributed by atoms with Gasteiger partial charge in [0.05, 0.1) is 10.6 Å². The molecule has 1 heterocycles. The van der Waals surface area contributed by atoms with Crippen molar-refractivity contribution < 1.29 is 9.00 Å². The van der Waals surface area contributed by atoms with Crippen LogP contribution in [-0.4, -0.2) is 39.6 Å². The maximum atomic E-state index is 12.2. The Kier molecular flexibility index (Phi) is 4.22. The van der Waals surface area contributed by atoms with E-state index in [1.807, 2.05) is 0 Å². The summed E-state index contributed by atoms with van der Waals surface area (Å²) in [5.74, 6) is 1.02. The molecule has 3 nitrogen and oxygen atoms in total. The average molecular weight is 337 g/mol. The molecule has 0 unspecified atom stereocenters. The van der Waals surface area contributed by atoms with Crippen molar-refractivity contribution in [1.82, 2.24) is 4.90 Å². The molecule has 0 N–H and O–H groups in total. The highest BCUT2D eigenvalue weighted by Crippen LogP contribution is 2.22. The van der Waals surface area contributed by atoms with E-state index in [0.717, 1.165) is 4.47 Å². The molecule has 1 fully saturated rings. The van der Waals surface area contributed by atoms with Gasteiger partial charge >= 0.3 is 0 Å². The van der Waals surface area contributed by atoms with Crippen molar-refractivity contribution in [2.75, 3.05) is 24.6 Å². The van der Waals surface area contributed by atoms with Crippen molar-refractivity contribution in [3.05, 3.63) is 33.3 Å². The summed E-state index contributed by atoms with van der Waals surface area (Å²) in [6, 6.07) is 5.21. The zero-order chi connectivity index (χ0) is 12.4. The first-order valence-electron chi connectivity index (χ1n) is 5.17. The second kappa shape index (κ2) is 5.50. The van der Waals surface area contributed by atoms with Crippen LogP contribution < -0.4 is 0 Å². The number of benzene rings is 1. The third kappa shape index (κ3) is 3.09. The SMILES string of the molecule is O=C(c1cc(Br)ccc1Cl)N1CCS(=O)CC1. The van der Waals surface area contributed by atoms with Gasteiger partial charge in [0.2, 0.25) is 0 Å². The molecule has 1 saturated heterocycles. The molecular weight excluding hydrogens is 326 g/mol. The van der Waals surface area contributed by atoms with Gasteiger partial charge in [0.25, 0.3) is 5.91 Å². The number of hydrogen-bond acceptors (Lipinski definition) is 2. The van der Waals surface area contributed by atoms with Crippen molar-refractivity contribution in [3.63, 3.8) is 0 Å². The molecule has 0 saturated carbocycles. The maximum Gasteiger partial charge on any atom is 0.255 e. The highest BCUT2D eigenvalue weighted by molar-refractivity contribution is 9.10. The fourth-order valence-corrected chi connectivity index (χ4v) is 3.28. The summed E-state index contributed by atoms with van der Waals surface area (Å²) < 4.78 is 12.1. The predicted octanol–water partition coefficient (Wildman–Crippen LogP) is 2.31. The molecule has 17 heavy (non-hydrogen) atoms. The van der Waals surface area contributed by atoms with Gasteiger partial charge in [-0.25, -0.2) is 0 Å². The summed E-state index contributed by atoms with van der Waals surface area (Å²) in [6.07, 6.45) is 0. The van der Waals surface area contributed by atoms with Crippen molar-refractivity contribution >= 4 is 44.2 Å². The number of carbonyl (C=O) groups is 1. The van der Waals surface area contributed by atoms with Crippen LogP contribution in [0.4, 0.5) is 0 Å². The Morgan fingerprint density at radius 1 is 1.35 bits per heavy atom. The van der Waals surface area contributed by atoms with Crippen LogP contribution in [0.15, 0.2) is 22.7 Å². The maximum absolute atomic E-state index is 12.2. The highest BCUT2D eigenvalue weighted by atomic mass is 79.9. The van der Waals surface area contributed by atoms with Gasteiger partial charge in [0, 0.05) is 39.9 Å². The van der Waals surface area contributed by atoms with E-state index in [4.69, 9.17) is 11.6 Å². The molecule has 0 spiro atoms. The summed E-state index contributed by atoms with van der Waals surface area (Å²) in [4.78, 5) is 13.9. The van der Waals surface area contributed by atoms with Gasteiger partial charge in [-0.1, -0.05) is 27.5 Å². The summed E-state index contributed by atoms with van der Waals surface area (Å²) >= 11 is 9.33. The van der Waals surface area contributed by atoms with Gasteiger partial charge in [-0.05, 0) is 18.2 Å². The van der Waals surface area contributed by atoms with Crippen LogP contribution in [0.3, 0.4) is 0 Å². The zero-order valence-corrected chi connectivity index (χ0v) is 12.1. The molecular formula is C11H11BrClNO2S. The second-order valence-electron chi connectivity index (χ2n) is 3.76. The molecule has 0 radical (unpaired) electrons. The van der Waals surface area contributed by atoms with E-state index < -0.39 is 10.8 Å². The van der Waals surface area contributed by atoms with Gasteiger partial charge in [0.1, 0.15) is 0 Å². The standard InChI is InChI=1S/C11H11BrClNO2S/c12-8-1-2-10(13)9(7-8)11(15)14-3-5-17(16)6-4-14/h1-2,7H,3-6H2. The molecule has 0 bridgehead atoms. The first kappa shape index (κ1) is 13.1. The van der Waals surface area contributed by atoms with Gasteiger partial charge in [-0.3, -0.25) is 9.00 Å². The largest absolute Gasteiger partial charge is 0.337 e. The topological polar surface area (TPSA) is 37.4 Å². The molecule has 6 heteroatoms. The lowest BCUT2D eigenvalue weighted by molar-refractivity contribution is 0.0771. The molecule has 1 aliphatic heterocycles. The van der Waals surface area contributed by atoms with Crippen molar-refractivity contribution in [2.45, 2.75) is 0 Å². The van der Waals surface area contributed by atoms with Gasteiger partial charge in [-0.15, -0.1) is 0 Å². The van der Waals surface area contributed by atoms with Crippen molar-refractivity contribution in [2.24, 2.45) is 0 Å². The fraction of sp³-hybridized carbons (Fsp3) is 0.364. The summed E-state index contributed by atoms with van der Waals surface area (Å²) in [7, 11) is -0.780. The molecule has 0 aliphatic carbocycles. The highest BCUT2D eigenvalue weighted by Gasteiger charge is 2.22. The summed E-state index contributed by atoms with van der Waals surface area (Å²) in [5, 5.41) is 0.449. The van der Waals surface area contributed by atoms with Crippen LogP contribution in [0.5, 0.6) is 0 Å². The van der Waals surface area contributed by atoms with E-state index in [-0.39, 0.29) is 5.91 Å². The monoisotopic (exact) mass is 335 g/mol. The van der Waals surface area contributed by atoms with Crippen LogP contribution in [0.1, 0.15) is 10.4 Å². The van der Waals surface area contributed by atoms with E-state index >= 15 is 0 Å². The Morgan fingerprint density at radius 3 is 2.65 bits per heavy atom. The number of carbonyl (C=O) groups excluding carboxylic acids is 1. The van der Waals surface area contributed by atoms with Crippen LogP contribution >= 0.6 is 27.5 Å². The van der Waals surface area contributed by atoms with Crippen molar-refractivity contribution in [1.29, 1.82) is 0 Å². The number of hydrogen-bond donors (Lipinski definition) is 0. The number of halogens is 2. The summed E-state index contributed by atoms with van der Waals surface area (Å²) in [6.45, 7) is 1.07. The smallest absolute Gasteiger partial charge is 0.255 e. The number of amides is 1. The van der Waals surface area contributed by atoms with Gasteiger partial charge in [-0.2, -0.15) is 0 Å². The molecule has 1 aliphatic rings. The lowest BCUT2D eigenvalue weighted by Crippen LogP contribution is -2.41. The third-order valence-corrected chi connectivity index (χ3v) is 4.72. The third-order valence-electron chi connectivity index (χ3n) is 2.62. The molecule has 1 amide bonds. The van der Waals surface area contributed by atoms with E-state index in [9.17, 15) is 9.00 Å². The van der Waals surface area contributed by atoms with Crippen LogP contribution in [0.25, 0.3) is 0 Å². The van der Waals surface area contributed by atoms with E-state index in [0.29, 0.717) is 35.2 Å². The number of nitrogens with zero attached hydrogens (tertiary/aromatic N) is 1.